The molecule has 0 bridgehead atoms. The van der Waals surface area contributed by atoms with Crippen molar-refractivity contribution in [3.63, 3.8) is 0 Å². The highest BCUT2D eigenvalue weighted by atomic mass is 32.1. The summed E-state index contributed by atoms with van der Waals surface area (Å²) in [6.45, 7) is 6.29. The standard InChI is InChI=1S/C10H14N4S/c1-6(2)9-12-10-14(13-9)7-3-4-11-5-8(7)15-10/h6,11H,3-5H2,1-2H3. The maximum absolute atomic E-state index is 4.57. The Bertz CT molecular complexity index is 497. The summed E-state index contributed by atoms with van der Waals surface area (Å²) < 4.78 is 2.04. The van der Waals surface area contributed by atoms with Gasteiger partial charge in [0.15, 0.2) is 5.82 Å². The number of thiazole rings is 1. The molecule has 1 aliphatic rings. The molecule has 3 heterocycles. The molecule has 0 atom stereocenters. The molecular formula is C10H14N4S. The molecule has 1 N–H and O–H groups in total. The fraction of sp³-hybridized carbons (Fsp3) is 0.600. The van der Waals surface area contributed by atoms with Crippen molar-refractivity contribution in [2.24, 2.45) is 0 Å². The van der Waals surface area contributed by atoms with Crippen molar-refractivity contribution in [2.75, 3.05) is 6.54 Å². The Hall–Kier alpha value is -0.940. The SMILES string of the molecule is CC(C)c1nc2sc3c(n2n1)CCNC3. The summed E-state index contributed by atoms with van der Waals surface area (Å²) in [5.74, 6) is 1.37. The van der Waals surface area contributed by atoms with Gasteiger partial charge >= 0.3 is 0 Å². The molecule has 4 nitrogen and oxygen atoms in total. The largest absolute Gasteiger partial charge is 0.311 e. The van der Waals surface area contributed by atoms with Crippen LogP contribution in [0.2, 0.25) is 0 Å². The molecule has 0 fully saturated rings. The minimum Gasteiger partial charge on any atom is -0.311 e. The lowest BCUT2D eigenvalue weighted by Crippen LogP contribution is -2.23. The van der Waals surface area contributed by atoms with Crippen LogP contribution in [0.5, 0.6) is 0 Å². The van der Waals surface area contributed by atoms with Gasteiger partial charge in [-0.15, -0.1) is 0 Å². The number of nitrogens with one attached hydrogen (secondary N) is 1. The number of hydrogen-bond donors (Lipinski definition) is 1. The molecule has 0 radical (unpaired) electrons. The van der Waals surface area contributed by atoms with E-state index < -0.39 is 0 Å². The fourth-order valence-corrected chi connectivity index (χ4v) is 2.96. The first-order chi connectivity index (χ1) is 7.25. The van der Waals surface area contributed by atoms with Gasteiger partial charge < -0.3 is 5.32 Å². The molecule has 80 valence electrons. The Labute approximate surface area is 92.3 Å². The highest BCUT2D eigenvalue weighted by Crippen LogP contribution is 2.25. The number of nitrogens with zero attached hydrogens (tertiary/aromatic N) is 3. The molecule has 0 aromatic carbocycles. The summed E-state index contributed by atoms with van der Waals surface area (Å²) >= 11 is 1.76. The predicted octanol–water partition coefficient (Wildman–Crippen LogP) is 1.56. The first-order valence-electron chi connectivity index (χ1n) is 5.33. The monoisotopic (exact) mass is 222 g/mol. The summed E-state index contributed by atoms with van der Waals surface area (Å²) in [7, 11) is 0. The summed E-state index contributed by atoms with van der Waals surface area (Å²) in [4.78, 5) is 7.00. The Kier molecular flexibility index (Phi) is 2.03. The molecule has 0 unspecified atom stereocenters. The summed E-state index contributed by atoms with van der Waals surface area (Å²) in [6.07, 6.45) is 1.07. The predicted molar refractivity (Wildman–Crippen MR) is 60.4 cm³/mol. The molecule has 1 aliphatic heterocycles. The van der Waals surface area contributed by atoms with Gasteiger partial charge in [-0.05, 0) is 0 Å². The normalized spacial score (nSPS) is 16.2. The fourth-order valence-electron chi connectivity index (χ4n) is 1.88. The second kappa shape index (κ2) is 3.28. The molecule has 2 aromatic heterocycles. The Morgan fingerprint density at radius 2 is 2.33 bits per heavy atom. The van der Waals surface area contributed by atoms with Gasteiger partial charge in [0.2, 0.25) is 4.96 Å². The highest BCUT2D eigenvalue weighted by molar-refractivity contribution is 7.17. The van der Waals surface area contributed by atoms with E-state index in [4.69, 9.17) is 0 Å². The zero-order chi connectivity index (χ0) is 10.4. The lowest BCUT2D eigenvalue weighted by Gasteiger charge is -2.11. The van der Waals surface area contributed by atoms with Crippen LogP contribution in [0, 0.1) is 0 Å². The minimum atomic E-state index is 0.412. The third-order valence-corrected chi connectivity index (χ3v) is 3.80. The van der Waals surface area contributed by atoms with Crippen LogP contribution in [0.1, 0.15) is 36.2 Å². The average Bonchev–Trinajstić information content (AvgIpc) is 2.73. The molecule has 0 saturated heterocycles. The first-order valence-corrected chi connectivity index (χ1v) is 6.15. The summed E-state index contributed by atoms with van der Waals surface area (Å²) in [5.41, 5.74) is 1.35. The molecular weight excluding hydrogens is 208 g/mol. The van der Waals surface area contributed by atoms with Crippen molar-refractivity contribution in [1.29, 1.82) is 0 Å². The van der Waals surface area contributed by atoms with Crippen molar-refractivity contribution in [1.82, 2.24) is 19.9 Å². The molecule has 2 aromatic rings. The smallest absolute Gasteiger partial charge is 0.212 e. The van der Waals surface area contributed by atoms with Gasteiger partial charge in [-0.1, -0.05) is 25.2 Å². The van der Waals surface area contributed by atoms with E-state index in [-0.39, 0.29) is 0 Å². The van der Waals surface area contributed by atoms with E-state index in [1.807, 2.05) is 4.52 Å². The van der Waals surface area contributed by atoms with Gasteiger partial charge in [-0.25, -0.2) is 9.50 Å². The summed E-state index contributed by atoms with van der Waals surface area (Å²) in [6, 6.07) is 0. The van der Waals surface area contributed by atoms with Crippen LogP contribution in [0.4, 0.5) is 0 Å². The number of fused-ring (bicyclic) bond motifs is 3. The number of hydrogen-bond acceptors (Lipinski definition) is 4. The van der Waals surface area contributed by atoms with Crippen LogP contribution in [-0.2, 0) is 13.0 Å². The molecule has 0 amide bonds. The molecule has 0 spiro atoms. The second-order valence-corrected chi connectivity index (χ2v) is 5.28. The van der Waals surface area contributed by atoms with E-state index in [2.05, 4.69) is 29.2 Å². The lowest BCUT2D eigenvalue weighted by molar-refractivity contribution is 0.625. The van der Waals surface area contributed by atoms with Gasteiger partial charge in [-0.2, -0.15) is 5.10 Å². The quantitative estimate of drug-likeness (QED) is 0.796. The van der Waals surface area contributed by atoms with E-state index in [1.165, 1.54) is 10.6 Å². The van der Waals surface area contributed by atoms with E-state index in [0.29, 0.717) is 5.92 Å². The van der Waals surface area contributed by atoms with E-state index in [1.54, 1.807) is 11.3 Å². The molecule has 0 aliphatic carbocycles. The van der Waals surface area contributed by atoms with E-state index in [0.717, 1.165) is 30.3 Å². The maximum atomic E-state index is 4.57. The van der Waals surface area contributed by atoms with Gasteiger partial charge in [0, 0.05) is 30.3 Å². The van der Waals surface area contributed by atoms with Crippen molar-refractivity contribution in [3.8, 4) is 0 Å². The van der Waals surface area contributed by atoms with Gasteiger partial charge in [0.1, 0.15) is 0 Å². The van der Waals surface area contributed by atoms with Gasteiger partial charge in [0.05, 0.1) is 5.69 Å². The molecule has 3 rings (SSSR count). The van der Waals surface area contributed by atoms with Crippen molar-refractivity contribution >= 4 is 16.3 Å². The zero-order valence-corrected chi connectivity index (χ0v) is 9.77. The molecule has 0 saturated carbocycles. The number of aromatic nitrogens is 3. The maximum Gasteiger partial charge on any atom is 0.212 e. The Morgan fingerprint density at radius 1 is 1.47 bits per heavy atom. The summed E-state index contributed by atoms with van der Waals surface area (Å²) in [5, 5.41) is 7.94. The van der Waals surface area contributed by atoms with Crippen LogP contribution in [0.25, 0.3) is 4.96 Å². The third-order valence-electron chi connectivity index (χ3n) is 2.73. The third kappa shape index (κ3) is 1.38. The van der Waals surface area contributed by atoms with Crippen molar-refractivity contribution in [3.05, 3.63) is 16.4 Å². The highest BCUT2D eigenvalue weighted by Gasteiger charge is 2.19. The second-order valence-electron chi connectivity index (χ2n) is 4.22. The Balaban J connectivity index is 2.17. The van der Waals surface area contributed by atoms with Crippen molar-refractivity contribution in [2.45, 2.75) is 32.7 Å². The average molecular weight is 222 g/mol. The first kappa shape index (κ1) is 9.30. The van der Waals surface area contributed by atoms with Crippen LogP contribution in [-0.4, -0.2) is 21.1 Å². The number of rotatable bonds is 1. The Morgan fingerprint density at radius 3 is 3.13 bits per heavy atom. The van der Waals surface area contributed by atoms with Gasteiger partial charge in [-0.3, -0.25) is 0 Å². The topological polar surface area (TPSA) is 42.2 Å². The van der Waals surface area contributed by atoms with Crippen molar-refractivity contribution < 1.29 is 0 Å². The molecule has 15 heavy (non-hydrogen) atoms. The van der Waals surface area contributed by atoms with Gasteiger partial charge in [0.25, 0.3) is 0 Å². The minimum absolute atomic E-state index is 0.412. The molecule has 5 heteroatoms. The van der Waals surface area contributed by atoms with Crippen LogP contribution in [0.3, 0.4) is 0 Å². The lowest BCUT2D eigenvalue weighted by atomic mass is 10.2. The zero-order valence-electron chi connectivity index (χ0n) is 8.95. The van der Waals surface area contributed by atoms with E-state index >= 15 is 0 Å². The van der Waals surface area contributed by atoms with Crippen LogP contribution in [0.15, 0.2) is 0 Å². The van der Waals surface area contributed by atoms with Crippen LogP contribution >= 0.6 is 11.3 Å². The van der Waals surface area contributed by atoms with Crippen LogP contribution < -0.4 is 5.32 Å². The van der Waals surface area contributed by atoms with E-state index in [9.17, 15) is 0 Å².